The molecule has 1 N–H and O–H groups in total. The molecule has 21 heavy (non-hydrogen) atoms. The molecule has 0 aliphatic heterocycles. The van der Waals surface area contributed by atoms with E-state index in [2.05, 4.69) is 10.4 Å². The summed E-state index contributed by atoms with van der Waals surface area (Å²) in [7, 11) is 0. The molecule has 0 radical (unpaired) electrons. The molecule has 110 valence electrons. The minimum Gasteiger partial charge on any atom is -0.353 e. The summed E-state index contributed by atoms with van der Waals surface area (Å²) in [4.78, 5) is 11.6. The van der Waals surface area contributed by atoms with Crippen molar-refractivity contribution in [3.8, 4) is 5.69 Å². The molecular formula is C13H12FN3OS3. The van der Waals surface area contributed by atoms with E-state index in [1.54, 1.807) is 16.8 Å². The van der Waals surface area contributed by atoms with Crippen LogP contribution in [-0.2, 0) is 4.79 Å². The van der Waals surface area contributed by atoms with Crippen LogP contribution >= 0.6 is 35.3 Å². The molecule has 0 atom stereocenters. The Morgan fingerprint density at radius 3 is 2.86 bits per heavy atom. The van der Waals surface area contributed by atoms with E-state index in [9.17, 15) is 9.18 Å². The molecule has 1 aromatic heterocycles. The van der Waals surface area contributed by atoms with Crippen molar-refractivity contribution < 1.29 is 9.18 Å². The Kier molecular flexibility index (Phi) is 4.37. The summed E-state index contributed by atoms with van der Waals surface area (Å²) in [5, 5.41) is 7.29. The van der Waals surface area contributed by atoms with Gasteiger partial charge in [-0.05, 0) is 49.3 Å². The number of rotatable bonds is 5. The Labute approximate surface area is 134 Å². The van der Waals surface area contributed by atoms with E-state index in [0.29, 0.717) is 21.4 Å². The molecule has 8 heteroatoms. The molecule has 0 bridgehead atoms. The summed E-state index contributed by atoms with van der Waals surface area (Å²) in [5.74, 6) is 0.0613. The third kappa shape index (κ3) is 3.90. The number of aromatic nitrogens is 2. The van der Waals surface area contributed by atoms with E-state index >= 15 is 0 Å². The summed E-state index contributed by atoms with van der Waals surface area (Å²) in [5.41, 5.74) is 0.715. The molecule has 0 spiro atoms. The fraction of sp³-hybridized carbons (Fsp3) is 0.308. The minimum absolute atomic E-state index is 0.0250. The second-order valence-electron chi connectivity index (χ2n) is 4.65. The van der Waals surface area contributed by atoms with Gasteiger partial charge in [0.1, 0.15) is 5.82 Å². The first-order valence-electron chi connectivity index (χ1n) is 6.40. The quantitative estimate of drug-likeness (QED) is 0.670. The van der Waals surface area contributed by atoms with Gasteiger partial charge in [-0.15, -0.1) is 5.10 Å². The van der Waals surface area contributed by atoms with E-state index in [1.165, 1.54) is 35.2 Å². The third-order valence-electron chi connectivity index (χ3n) is 2.87. The first kappa shape index (κ1) is 14.7. The molecule has 1 aliphatic rings. The van der Waals surface area contributed by atoms with Gasteiger partial charge in [0.15, 0.2) is 8.29 Å². The molecule has 1 amide bonds. The van der Waals surface area contributed by atoms with E-state index in [1.807, 2.05) is 0 Å². The van der Waals surface area contributed by atoms with Crippen LogP contribution in [0.2, 0.25) is 0 Å². The second-order valence-corrected chi connectivity index (χ2v) is 7.50. The van der Waals surface area contributed by atoms with E-state index in [-0.39, 0.29) is 11.7 Å². The third-order valence-corrected chi connectivity index (χ3v) is 5.24. The molecule has 1 fully saturated rings. The number of benzene rings is 1. The second kappa shape index (κ2) is 6.25. The number of amides is 1. The van der Waals surface area contributed by atoms with Gasteiger partial charge in [0, 0.05) is 6.04 Å². The van der Waals surface area contributed by atoms with Crippen molar-refractivity contribution >= 4 is 41.2 Å². The smallest absolute Gasteiger partial charge is 0.230 e. The lowest BCUT2D eigenvalue weighted by Crippen LogP contribution is -2.26. The summed E-state index contributed by atoms with van der Waals surface area (Å²) >= 11 is 7.97. The lowest BCUT2D eigenvalue weighted by atomic mass is 10.3. The summed E-state index contributed by atoms with van der Waals surface area (Å²) in [6.45, 7) is 0. The maximum absolute atomic E-state index is 12.9. The number of thioether (sulfide) groups is 1. The molecule has 1 saturated carbocycles. The predicted molar refractivity (Wildman–Crippen MR) is 84.1 cm³/mol. The minimum atomic E-state index is -0.299. The molecular weight excluding hydrogens is 329 g/mol. The van der Waals surface area contributed by atoms with E-state index < -0.39 is 0 Å². The molecule has 3 rings (SSSR count). The molecule has 0 unspecified atom stereocenters. The fourth-order valence-corrected chi connectivity index (χ4v) is 3.86. The normalized spacial score (nSPS) is 14.1. The van der Waals surface area contributed by atoms with Crippen molar-refractivity contribution in [3.63, 3.8) is 0 Å². The highest BCUT2D eigenvalue weighted by molar-refractivity contribution is 8.01. The van der Waals surface area contributed by atoms with Gasteiger partial charge in [0.25, 0.3) is 0 Å². The van der Waals surface area contributed by atoms with Gasteiger partial charge in [0.05, 0.1) is 11.4 Å². The maximum atomic E-state index is 12.9. The van der Waals surface area contributed by atoms with Gasteiger partial charge < -0.3 is 5.32 Å². The zero-order valence-electron chi connectivity index (χ0n) is 10.9. The number of nitrogens with one attached hydrogen (secondary N) is 1. The van der Waals surface area contributed by atoms with Gasteiger partial charge in [0.2, 0.25) is 5.91 Å². The zero-order chi connectivity index (χ0) is 14.8. The van der Waals surface area contributed by atoms with Crippen LogP contribution in [0.4, 0.5) is 4.39 Å². The van der Waals surface area contributed by atoms with Crippen molar-refractivity contribution in [2.75, 3.05) is 5.75 Å². The Bertz CT molecular complexity index is 706. The fourth-order valence-electron chi connectivity index (χ4n) is 1.69. The average molecular weight is 341 g/mol. The van der Waals surface area contributed by atoms with Crippen molar-refractivity contribution in [2.24, 2.45) is 0 Å². The maximum Gasteiger partial charge on any atom is 0.230 e. The summed E-state index contributed by atoms with van der Waals surface area (Å²) < 4.78 is 15.8. The van der Waals surface area contributed by atoms with E-state index in [0.717, 1.165) is 17.2 Å². The lowest BCUT2D eigenvalue weighted by molar-refractivity contribution is -0.118. The van der Waals surface area contributed by atoms with Gasteiger partial charge >= 0.3 is 0 Å². The number of carbonyl (C=O) groups is 1. The predicted octanol–water partition coefficient (Wildman–Crippen LogP) is 3.17. The molecule has 0 saturated heterocycles. The Morgan fingerprint density at radius 2 is 2.19 bits per heavy atom. The highest BCUT2D eigenvalue weighted by Gasteiger charge is 2.23. The molecule has 1 aliphatic carbocycles. The van der Waals surface area contributed by atoms with Gasteiger partial charge in [-0.2, -0.15) is 0 Å². The highest BCUT2D eigenvalue weighted by Crippen LogP contribution is 2.25. The lowest BCUT2D eigenvalue weighted by Gasteiger charge is -2.01. The van der Waals surface area contributed by atoms with Gasteiger partial charge in [-0.1, -0.05) is 23.1 Å². The number of halogens is 1. The van der Waals surface area contributed by atoms with Crippen LogP contribution in [-0.4, -0.2) is 27.5 Å². The SMILES string of the molecule is O=C(CSc1nn(-c2ccc(F)cc2)c(=S)s1)NC1CC1. The average Bonchev–Trinajstić information content (AvgIpc) is 3.19. The standard InChI is InChI=1S/C13H12FN3OS3/c14-8-1-5-10(6-2-8)17-13(19)21-12(16-17)20-7-11(18)15-9-3-4-9/h1-2,5-6,9H,3-4,7H2,(H,15,18). The van der Waals surface area contributed by atoms with Crippen LogP contribution in [0.5, 0.6) is 0 Å². The first-order chi connectivity index (χ1) is 10.1. The van der Waals surface area contributed by atoms with Crippen molar-refractivity contribution in [2.45, 2.75) is 23.2 Å². The van der Waals surface area contributed by atoms with Crippen molar-refractivity contribution in [1.29, 1.82) is 0 Å². The Morgan fingerprint density at radius 1 is 1.48 bits per heavy atom. The Hall–Kier alpha value is -1.25. The summed E-state index contributed by atoms with van der Waals surface area (Å²) in [6.07, 6.45) is 2.16. The number of nitrogens with zero attached hydrogens (tertiary/aromatic N) is 2. The van der Waals surface area contributed by atoms with Gasteiger partial charge in [-0.25, -0.2) is 9.07 Å². The summed E-state index contributed by atoms with van der Waals surface area (Å²) in [6, 6.07) is 6.35. The number of hydrogen-bond acceptors (Lipinski definition) is 5. The van der Waals surface area contributed by atoms with Crippen LogP contribution in [0.3, 0.4) is 0 Å². The van der Waals surface area contributed by atoms with E-state index in [4.69, 9.17) is 12.2 Å². The van der Waals surface area contributed by atoms with Crippen LogP contribution in [0.1, 0.15) is 12.8 Å². The highest BCUT2D eigenvalue weighted by atomic mass is 32.2. The number of carbonyl (C=O) groups excluding carboxylic acids is 1. The van der Waals surface area contributed by atoms with Crippen LogP contribution in [0, 0.1) is 9.77 Å². The Balaban J connectivity index is 1.67. The largest absolute Gasteiger partial charge is 0.353 e. The molecule has 1 aromatic carbocycles. The topological polar surface area (TPSA) is 46.9 Å². The molecule has 4 nitrogen and oxygen atoms in total. The number of hydrogen-bond donors (Lipinski definition) is 1. The van der Waals surface area contributed by atoms with Crippen molar-refractivity contribution in [1.82, 2.24) is 15.1 Å². The first-order valence-corrected chi connectivity index (χ1v) is 8.61. The van der Waals surface area contributed by atoms with Crippen molar-refractivity contribution in [3.05, 3.63) is 34.0 Å². The molecule has 2 aromatic rings. The van der Waals surface area contributed by atoms with Crippen LogP contribution in [0.15, 0.2) is 28.6 Å². The zero-order valence-corrected chi connectivity index (χ0v) is 13.4. The monoisotopic (exact) mass is 341 g/mol. The van der Waals surface area contributed by atoms with Gasteiger partial charge in [-0.3, -0.25) is 4.79 Å². The van der Waals surface area contributed by atoms with Crippen LogP contribution < -0.4 is 5.32 Å². The van der Waals surface area contributed by atoms with Crippen LogP contribution in [0.25, 0.3) is 5.69 Å². The molecule has 1 heterocycles.